The Bertz CT molecular complexity index is 1320. The van der Waals surface area contributed by atoms with Gasteiger partial charge in [0.15, 0.2) is 0 Å². The summed E-state index contributed by atoms with van der Waals surface area (Å²) in [6.07, 6.45) is 0.468. The van der Waals surface area contributed by atoms with Crippen molar-refractivity contribution in [3.05, 3.63) is 89.2 Å². The Hall–Kier alpha value is -3.60. The minimum Gasteiger partial charge on any atom is -0.492 e. The van der Waals surface area contributed by atoms with Gasteiger partial charge in [0, 0.05) is 24.6 Å². The van der Waals surface area contributed by atoms with E-state index >= 15 is 0 Å². The second kappa shape index (κ2) is 8.74. The molecule has 1 amide bonds. The molecule has 2 heterocycles. The first-order chi connectivity index (χ1) is 16.0. The molecule has 0 aliphatic carbocycles. The Morgan fingerprint density at radius 2 is 1.79 bits per heavy atom. The average molecular weight is 440 g/mol. The Morgan fingerprint density at radius 3 is 2.64 bits per heavy atom. The molecule has 1 aliphatic heterocycles. The van der Waals surface area contributed by atoms with Gasteiger partial charge in [0.05, 0.1) is 17.6 Å². The number of hydrogen-bond donors (Lipinski definition) is 0. The summed E-state index contributed by atoms with van der Waals surface area (Å²) in [5.74, 6) is 2.04. The first kappa shape index (κ1) is 21.3. The van der Waals surface area contributed by atoms with Crippen molar-refractivity contribution in [3.63, 3.8) is 0 Å². The number of nitrogens with zero attached hydrogens (tertiary/aromatic N) is 3. The van der Waals surface area contributed by atoms with Crippen molar-refractivity contribution < 1.29 is 9.53 Å². The third kappa shape index (κ3) is 4.23. The zero-order chi connectivity index (χ0) is 22.9. The van der Waals surface area contributed by atoms with Crippen LogP contribution in [0.15, 0.2) is 66.7 Å². The molecule has 1 fully saturated rings. The van der Waals surface area contributed by atoms with E-state index in [1.807, 2.05) is 41.3 Å². The van der Waals surface area contributed by atoms with E-state index in [1.165, 1.54) is 5.56 Å². The molecular formula is C28H29N3O2. The lowest BCUT2D eigenvalue weighted by Gasteiger charge is -2.20. The molecule has 33 heavy (non-hydrogen) atoms. The van der Waals surface area contributed by atoms with Crippen LogP contribution in [0.1, 0.15) is 34.9 Å². The van der Waals surface area contributed by atoms with Crippen LogP contribution in [0.2, 0.25) is 0 Å². The zero-order valence-electron chi connectivity index (χ0n) is 19.4. The van der Waals surface area contributed by atoms with E-state index in [2.05, 4.69) is 55.7 Å². The average Bonchev–Trinajstić information content (AvgIpc) is 3.36. The van der Waals surface area contributed by atoms with Gasteiger partial charge in [-0.25, -0.2) is 4.98 Å². The molecule has 0 N–H and O–H groups in total. The van der Waals surface area contributed by atoms with Crippen LogP contribution in [-0.2, 0) is 11.3 Å². The summed E-state index contributed by atoms with van der Waals surface area (Å²) in [6.45, 7) is 8.05. The Labute approximate surface area is 194 Å². The van der Waals surface area contributed by atoms with Crippen LogP contribution in [0.4, 0.5) is 5.69 Å². The number of imidazole rings is 1. The van der Waals surface area contributed by atoms with Crippen LogP contribution in [0.5, 0.6) is 5.75 Å². The number of carbonyl (C=O) groups excluding carboxylic acids is 1. The van der Waals surface area contributed by atoms with Gasteiger partial charge in [-0.2, -0.15) is 0 Å². The van der Waals surface area contributed by atoms with E-state index in [1.54, 1.807) is 0 Å². The predicted octanol–water partition coefficient (Wildman–Crippen LogP) is 5.56. The second-order valence-corrected chi connectivity index (χ2v) is 8.97. The molecule has 1 saturated heterocycles. The van der Waals surface area contributed by atoms with Gasteiger partial charge in [-0.15, -0.1) is 0 Å². The third-order valence-electron chi connectivity index (χ3n) is 6.40. The molecule has 5 nitrogen and oxygen atoms in total. The molecule has 0 saturated carbocycles. The van der Waals surface area contributed by atoms with Crippen LogP contribution in [0, 0.1) is 20.8 Å². The number of fused-ring (bicyclic) bond motifs is 1. The van der Waals surface area contributed by atoms with Gasteiger partial charge in [0.25, 0.3) is 0 Å². The fourth-order valence-corrected chi connectivity index (χ4v) is 4.72. The molecule has 0 radical (unpaired) electrons. The number of hydrogen-bond acceptors (Lipinski definition) is 3. The molecule has 0 bridgehead atoms. The predicted molar refractivity (Wildman–Crippen MR) is 132 cm³/mol. The number of ether oxygens (including phenoxy) is 1. The second-order valence-electron chi connectivity index (χ2n) is 8.97. The number of para-hydroxylation sites is 2. The minimum atomic E-state index is 0.0452. The highest BCUT2D eigenvalue weighted by atomic mass is 16.5. The van der Waals surface area contributed by atoms with E-state index in [-0.39, 0.29) is 11.8 Å². The van der Waals surface area contributed by atoms with Crippen LogP contribution < -0.4 is 9.64 Å². The van der Waals surface area contributed by atoms with Crippen molar-refractivity contribution in [2.24, 2.45) is 0 Å². The lowest BCUT2D eigenvalue weighted by atomic mass is 10.1. The summed E-state index contributed by atoms with van der Waals surface area (Å²) in [6, 6.07) is 22.6. The maximum absolute atomic E-state index is 13.0. The summed E-state index contributed by atoms with van der Waals surface area (Å²) >= 11 is 0. The number of aromatic nitrogens is 2. The number of aryl methyl sites for hydroxylation is 3. The van der Waals surface area contributed by atoms with Crippen molar-refractivity contribution in [1.82, 2.24) is 9.55 Å². The normalized spacial score (nSPS) is 16.0. The third-order valence-corrected chi connectivity index (χ3v) is 6.40. The van der Waals surface area contributed by atoms with E-state index in [0.717, 1.165) is 39.4 Å². The van der Waals surface area contributed by atoms with Gasteiger partial charge in [0.1, 0.15) is 18.2 Å². The summed E-state index contributed by atoms with van der Waals surface area (Å²) < 4.78 is 8.27. The van der Waals surface area contributed by atoms with Crippen LogP contribution >= 0.6 is 0 Å². The van der Waals surface area contributed by atoms with Gasteiger partial charge in [0.2, 0.25) is 5.91 Å². The molecular weight excluding hydrogens is 410 g/mol. The largest absolute Gasteiger partial charge is 0.492 e. The van der Waals surface area contributed by atoms with Crippen molar-refractivity contribution in [2.75, 3.05) is 18.1 Å². The highest BCUT2D eigenvalue weighted by molar-refractivity contribution is 5.97. The van der Waals surface area contributed by atoms with Crippen molar-refractivity contribution in [2.45, 2.75) is 39.7 Å². The fraction of sp³-hybridized carbons (Fsp3) is 0.286. The van der Waals surface area contributed by atoms with Crippen molar-refractivity contribution in [3.8, 4) is 5.75 Å². The Kier molecular flexibility index (Phi) is 5.63. The fourth-order valence-electron chi connectivity index (χ4n) is 4.72. The molecule has 3 aromatic carbocycles. The Morgan fingerprint density at radius 1 is 0.970 bits per heavy atom. The Balaban J connectivity index is 1.42. The molecule has 5 heteroatoms. The van der Waals surface area contributed by atoms with Gasteiger partial charge in [-0.3, -0.25) is 4.79 Å². The van der Waals surface area contributed by atoms with E-state index in [4.69, 9.17) is 9.72 Å². The highest BCUT2D eigenvalue weighted by Crippen LogP contribution is 2.34. The van der Waals surface area contributed by atoms with Crippen molar-refractivity contribution in [1.29, 1.82) is 0 Å². The van der Waals surface area contributed by atoms with Gasteiger partial charge >= 0.3 is 0 Å². The van der Waals surface area contributed by atoms with Crippen molar-refractivity contribution >= 4 is 22.6 Å². The first-order valence-electron chi connectivity index (χ1n) is 11.5. The highest BCUT2D eigenvalue weighted by Gasteiger charge is 2.35. The summed E-state index contributed by atoms with van der Waals surface area (Å²) in [4.78, 5) is 19.9. The zero-order valence-corrected chi connectivity index (χ0v) is 19.4. The van der Waals surface area contributed by atoms with Crippen LogP contribution in [-0.4, -0.2) is 28.6 Å². The van der Waals surface area contributed by atoms with Gasteiger partial charge in [-0.1, -0.05) is 36.4 Å². The van der Waals surface area contributed by atoms with E-state index in [0.29, 0.717) is 26.1 Å². The number of rotatable bonds is 6. The lowest BCUT2D eigenvalue weighted by Crippen LogP contribution is -2.25. The van der Waals surface area contributed by atoms with Gasteiger partial charge in [-0.05, 0) is 67.8 Å². The maximum Gasteiger partial charge on any atom is 0.227 e. The number of carbonyl (C=O) groups is 1. The summed E-state index contributed by atoms with van der Waals surface area (Å²) in [5.41, 5.74) is 6.51. The molecule has 1 aromatic heterocycles. The maximum atomic E-state index is 13.0. The molecule has 168 valence electrons. The van der Waals surface area contributed by atoms with E-state index in [9.17, 15) is 4.79 Å². The minimum absolute atomic E-state index is 0.0452. The van der Waals surface area contributed by atoms with E-state index < -0.39 is 0 Å². The number of anilines is 1. The quantitative estimate of drug-likeness (QED) is 0.395. The number of amides is 1. The molecule has 5 rings (SSSR count). The molecule has 1 aliphatic rings. The molecule has 0 unspecified atom stereocenters. The summed E-state index contributed by atoms with van der Waals surface area (Å²) in [5, 5.41) is 0. The van der Waals surface area contributed by atoms with Crippen LogP contribution in [0.25, 0.3) is 11.0 Å². The van der Waals surface area contributed by atoms with Gasteiger partial charge < -0.3 is 14.2 Å². The summed E-state index contributed by atoms with van der Waals surface area (Å²) in [7, 11) is 0. The topological polar surface area (TPSA) is 47.4 Å². The lowest BCUT2D eigenvalue weighted by molar-refractivity contribution is -0.117. The SMILES string of the molecule is Cc1cccc(OCCn2c([C@@H]3CC(=O)N(c4cc(C)ccc4C)C3)nc3ccccc32)c1. The number of benzene rings is 3. The molecule has 4 aromatic rings. The first-order valence-corrected chi connectivity index (χ1v) is 11.5. The molecule has 1 atom stereocenters. The smallest absolute Gasteiger partial charge is 0.227 e. The monoisotopic (exact) mass is 439 g/mol. The standard InChI is InChI=1S/C28H29N3O2/c1-19-7-6-8-23(15-19)33-14-13-30-25-10-5-4-9-24(25)29-28(30)22-17-27(32)31(18-22)26-16-20(2)11-12-21(26)3/h4-12,15-16,22H,13-14,17-18H2,1-3H3/t22-/m1/s1. The molecule has 0 spiro atoms. The van der Waals surface area contributed by atoms with Crippen LogP contribution in [0.3, 0.4) is 0 Å².